The molecule has 0 saturated carbocycles. The predicted molar refractivity (Wildman–Crippen MR) is 141 cm³/mol. The number of rotatable bonds is 5. The lowest BCUT2D eigenvalue weighted by Gasteiger charge is -2.34. The first kappa shape index (κ1) is 24.0. The first-order valence-corrected chi connectivity index (χ1v) is 13.1. The van der Waals surface area contributed by atoms with E-state index in [1.165, 1.54) is 23.4 Å². The minimum absolute atomic E-state index is 0.0882. The quantitative estimate of drug-likeness (QED) is 0.508. The van der Waals surface area contributed by atoms with Crippen LogP contribution >= 0.6 is 0 Å². The fourth-order valence-corrected chi connectivity index (χ4v) is 5.65. The fraction of sp³-hybridized carbons (Fsp3) is 0.414. The zero-order chi connectivity index (χ0) is 25.5. The lowest BCUT2D eigenvalue weighted by Crippen LogP contribution is -2.38. The van der Waals surface area contributed by atoms with Crippen molar-refractivity contribution in [2.45, 2.75) is 51.5 Å². The Labute approximate surface area is 215 Å². The third kappa shape index (κ3) is 4.70. The van der Waals surface area contributed by atoms with Crippen molar-refractivity contribution in [3.8, 4) is 17.0 Å². The van der Waals surface area contributed by atoms with E-state index < -0.39 is 11.6 Å². The van der Waals surface area contributed by atoms with E-state index in [9.17, 15) is 8.78 Å². The Morgan fingerprint density at radius 2 is 1.95 bits per heavy atom. The van der Waals surface area contributed by atoms with Crippen LogP contribution < -0.4 is 15.0 Å². The standard InChI is InChI=1S/C29H31F2N5O/c1-17(2)36-9-10-37-29-23(30)13-21(14-26(29)36)28-24(31)16-33-27(35-28)15-22-12-20-11-19(3-4-25(20)34-22)18-5-7-32-8-6-18/h3-4,11,13-14,16-18,32H,5-10,12,15H2,1-2H3. The van der Waals surface area contributed by atoms with Gasteiger partial charge in [0.15, 0.2) is 17.4 Å². The van der Waals surface area contributed by atoms with Gasteiger partial charge in [0.05, 0.1) is 24.1 Å². The Kier molecular flexibility index (Phi) is 6.36. The normalized spacial score (nSPS) is 17.4. The molecule has 0 atom stereocenters. The maximum atomic E-state index is 15.0. The van der Waals surface area contributed by atoms with Crippen LogP contribution in [0.4, 0.5) is 20.2 Å². The molecule has 1 aromatic heterocycles. The predicted octanol–water partition coefficient (Wildman–Crippen LogP) is 5.37. The Balaban J connectivity index is 1.24. The van der Waals surface area contributed by atoms with Gasteiger partial charge >= 0.3 is 0 Å². The molecule has 3 aliphatic rings. The molecule has 0 unspecified atom stereocenters. The molecule has 0 radical (unpaired) electrons. The molecule has 0 bridgehead atoms. The van der Waals surface area contributed by atoms with Gasteiger partial charge in [0.1, 0.15) is 18.1 Å². The molecule has 1 saturated heterocycles. The summed E-state index contributed by atoms with van der Waals surface area (Å²) >= 11 is 0. The molecule has 8 heteroatoms. The number of nitrogens with one attached hydrogen (secondary N) is 1. The number of halogens is 2. The Bertz CT molecular complexity index is 1370. The number of fused-ring (bicyclic) bond motifs is 2. The van der Waals surface area contributed by atoms with Crippen molar-refractivity contribution in [2.24, 2.45) is 4.99 Å². The highest BCUT2D eigenvalue weighted by Crippen LogP contribution is 2.39. The molecule has 2 aromatic carbocycles. The Hall–Kier alpha value is -3.39. The van der Waals surface area contributed by atoms with E-state index in [4.69, 9.17) is 9.73 Å². The highest BCUT2D eigenvalue weighted by molar-refractivity contribution is 5.95. The maximum Gasteiger partial charge on any atom is 0.178 e. The summed E-state index contributed by atoms with van der Waals surface area (Å²) in [5, 5.41) is 3.42. The van der Waals surface area contributed by atoms with E-state index in [1.807, 2.05) is 13.8 Å². The van der Waals surface area contributed by atoms with Gasteiger partial charge in [-0.25, -0.2) is 18.7 Å². The summed E-state index contributed by atoms with van der Waals surface area (Å²) in [7, 11) is 0. The van der Waals surface area contributed by atoms with Gasteiger partial charge in [-0.05, 0) is 75.0 Å². The van der Waals surface area contributed by atoms with Crippen molar-refractivity contribution in [1.82, 2.24) is 15.3 Å². The number of aromatic nitrogens is 2. The molecule has 6 rings (SSSR count). The summed E-state index contributed by atoms with van der Waals surface area (Å²) in [6.45, 7) is 7.26. The minimum atomic E-state index is -0.584. The van der Waals surface area contributed by atoms with Gasteiger partial charge in [-0.15, -0.1) is 0 Å². The lowest BCUT2D eigenvalue weighted by molar-refractivity contribution is 0.287. The van der Waals surface area contributed by atoms with Gasteiger partial charge < -0.3 is 15.0 Å². The smallest absolute Gasteiger partial charge is 0.178 e. The average Bonchev–Trinajstić information content (AvgIpc) is 3.31. The summed E-state index contributed by atoms with van der Waals surface area (Å²) in [6.07, 6.45) is 4.63. The summed E-state index contributed by atoms with van der Waals surface area (Å²) in [4.78, 5) is 15.6. The van der Waals surface area contributed by atoms with Crippen LogP contribution in [0.3, 0.4) is 0 Å². The van der Waals surface area contributed by atoms with E-state index in [0.717, 1.165) is 43.8 Å². The number of nitrogens with zero attached hydrogens (tertiary/aromatic N) is 4. The van der Waals surface area contributed by atoms with Gasteiger partial charge in [0.25, 0.3) is 0 Å². The monoisotopic (exact) mass is 503 g/mol. The minimum Gasteiger partial charge on any atom is -0.486 e. The molecule has 3 aromatic rings. The second-order valence-corrected chi connectivity index (χ2v) is 10.4. The van der Waals surface area contributed by atoms with Gasteiger partial charge in [0, 0.05) is 30.2 Å². The first-order chi connectivity index (χ1) is 18.0. The highest BCUT2D eigenvalue weighted by atomic mass is 19.1. The molecule has 0 spiro atoms. The maximum absolute atomic E-state index is 15.0. The van der Waals surface area contributed by atoms with Gasteiger partial charge in [-0.2, -0.15) is 0 Å². The SMILES string of the molecule is CC(C)N1CCOc2c(F)cc(-c3nc(CC4=Nc5ccc(C6CCNCC6)cc5C4)ncc3F)cc21. The molecule has 3 aliphatic heterocycles. The van der Waals surface area contributed by atoms with Gasteiger partial charge in [-0.3, -0.25) is 4.99 Å². The van der Waals surface area contributed by atoms with Crippen molar-refractivity contribution in [1.29, 1.82) is 0 Å². The summed E-state index contributed by atoms with van der Waals surface area (Å²) in [6, 6.07) is 9.80. The van der Waals surface area contributed by atoms with Crippen LogP contribution in [0, 0.1) is 11.6 Å². The third-order valence-corrected chi connectivity index (χ3v) is 7.55. The van der Waals surface area contributed by atoms with Crippen molar-refractivity contribution >= 4 is 17.1 Å². The fourth-order valence-electron chi connectivity index (χ4n) is 5.65. The van der Waals surface area contributed by atoms with Crippen molar-refractivity contribution in [3.05, 3.63) is 65.1 Å². The molecule has 1 fully saturated rings. The van der Waals surface area contributed by atoms with E-state index >= 15 is 0 Å². The molecule has 192 valence electrons. The molecule has 4 heterocycles. The molecule has 6 nitrogen and oxygen atoms in total. The number of anilines is 1. The van der Waals surface area contributed by atoms with Crippen LogP contribution in [0.25, 0.3) is 11.3 Å². The van der Waals surface area contributed by atoms with E-state index in [0.29, 0.717) is 42.6 Å². The van der Waals surface area contributed by atoms with Crippen LogP contribution in [0.5, 0.6) is 5.75 Å². The largest absolute Gasteiger partial charge is 0.486 e. The first-order valence-electron chi connectivity index (χ1n) is 13.1. The summed E-state index contributed by atoms with van der Waals surface area (Å²) in [5.41, 5.74) is 5.62. The Morgan fingerprint density at radius 1 is 1.11 bits per heavy atom. The summed E-state index contributed by atoms with van der Waals surface area (Å²) in [5.74, 6) is 0.168. The van der Waals surface area contributed by atoms with Crippen molar-refractivity contribution in [2.75, 3.05) is 31.1 Å². The summed E-state index contributed by atoms with van der Waals surface area (Å²) < 4.78 is 35.5. The van der Waals surface area contributed by atoms with Crippen LogP contribution in [0.1, 0.15) is 49.6 Å². The highest BCUT2D eigenvalue weighted by Gasteiger charge is 2.26. The lowest BCUT2D eigenvalue weighted by atomic mass is 9.89. The number of hydrogen-bond acceptors (Lipinski definition) is 6. The van der Waals surface area contributed by atoms with Crippen LogP contribution in [0.2, 0.25) is 0 Å². The average molecular weight is 504 g/mol. The van der Waals surface area contributed by atoms with Crippen LogP contribution in [-0.4, -0.2) is 48.0 Å². The van der Waals surface area contributed by atoms with Crippen LogP contribution in [-0.2, 0) is 12.8 Å². The van der Waals surface area contributed by atoms with Crippen molar-refractivity contribution in [3.63, 3.8) is 0 Å². The van der Waals surface area contributed by atoms with Gasteiger partial charge in [-0.1, -0.05) is 12.1 Å². The number of piperidine rings is 1. The van der Waals surface area contributed by atoms with E-state index in [2.05, 4.69) is 38.4 Å². The molecule has 0 aliphatic carbocycles. The molecule has 0 amide bonds. The van der Waals surface area contributed by atoms with E-state index in [1.54, 1.807) is 6.07 Å². The molecular formula is C29H31F2N5O. The third-order valence-electron chi connectivity index (χ3n) is 7.55. The number of benzene rings is 2. The topological polar surface area (TPSA) is 62.6 Å². The Morgan fingerprint density at radius 3 is 2.76 bits per heavy atom. The van der Waals surface area contributed by atoms with Crippen LogP contribution in [0.15, 0.2) is 41.5 Å². The van der Waals surface area contributed by atoms with Gasteiger partial charge in [0.2, 0.25) is 0 Å². The molecular weight excluding hydrogens is 472 g/mol. The van der Waals surface area contributed by atoms with E-state index in [-0.39, 0.29) is 17.5 Å². The second-order valence-electron chi connectivity index (χ2n) is 10.4. The zero-order valence-electron chi connectivity index (χ0n) is 21.2. The molecule has 1 N–H and O–H groups in total. The second kappa shape index (κ2) is 9.82. The number of ether oxygens (including phenoxy) is 1. The number of aliphatic imine (C=N–C) groups is 1. The number of hydrogen-bond donors (Lipinski definition) is 1. The van der Waals surface area contributed by atoms with Crippen molar-refractivity contribution < 1.29 is 13.5 Å². The zero-order valence-corrected chi connectivity index (χ0v) is 21.2. The molecule has 37 heavy (non-hydrogen) atoms.